The monoisotopic (exact) mass is 521 g/mol. The molecule has 1 aliphatic rings. The summed E-state index contributed by atoms with van der Waals surface area (Å²) in [5.41, 5.74) is 2.48. The van der Waals surface area contributed by atoms with E-state index in [9.17, 15) is 18.4 Å². The Morgan fingerprint density at radius 2 is 1.70 bits per heavy atom. The minimum atomic E-state index is -3.84. The lowest BCUT2D eigenvalue weighted by Gasteiger charge is -2.25. The average Bonchev–Trinajstić information content (AvgIpc) is 3.33. The van der Waals surface area contributed by atoms with Crippen molar-refractivity contribution >= 4 is 34.1 Å². The minimum Gasteiger partial charge on any atom is -0.396 e. The summed E-state index contributed by atoms with van der Waals surface area (Å²) in [5, 5.41) is 15.4. The molecule has 0 saturated heterocycles. The predicted octanol–water partition coefficient (Wildman–Crippen LogP) is 5.54. The van der Waals surface area contributed by atoms with Gasteiger partial charge in [-0.05, 0) is 29.3 Å². The third-order valence-electron chi connectivity index (χ3n) is 6.38. The number of hydrogen-bond donors (Lipinski definition) is 2. The Hall–Kier alpha value is -3.88. The highest BCUT2D eigenvalue weighted by molar-refractivity contribution is 6.30. The van der Waals surface area contributed by atoms with Crippen molar-refractivity contribution in [3.63, 3.8) is 0 Å². The molecule has 1 amide bonds. The number of nitrogens with one attached hydrogen (secondary N) is 1. The molecule has 188 valence electrons. The number of aliphatic hydroxyl groups is 1. The summed E-state index contributed by atoms with van der Waals surface area (Å²) in [4.78, 5) is 29.3. The van der Waals surface area contributed by atoms with E-state index < -0.39 is 36.5 Å². The summed E-state index contributed by atoms with van der Waals surface area (Å²) in [6.45, 7) is -0.864. The third-order valence-corrected chi connectivity index (χ3v) is 6.64. The van der Waals surface area contributed by atoms with Crippen molar-refractivity contribution in [2.24, 2.45) is 5.10 Å². The van der Waals surface area contributed by atoms with E-state index in [4.69, 9.17) is 16.7 Å². The SMILES string of the molecule is O=C(N1N=C(c2c(-c3ccccc3)c3ccccc3[nH]c2=O)CC1c1ccc(Cl)cc1)C(F)(F)CCO. The second kappa shape index (κ2) is 9.88. The van der Waals surface area contributed by atoms with Crippen molar-refractivity contribution in [1.29, 1.82) is 0 Å². The summed E-state index contributed by atoms with van der Waals surface area (Å²) in [7, 11) is 0. The van der Waals surface area contributed by atoms with Crippen LogP contribution in [-0.2, 0) is 4.79 Å². The number of aromatic amines is 1. The zero-order chi connectivity index (χ0) is 26.2. The van der Waals surface area contributed by atoms with E-state index in [2.05, 4.69) is 10.1 Å². The van der Waals surface area contributed by atoms with Crippen molar-refractivity contribution in [2.75, 3.05) is 6.61 Å². The van der Waals surface area contributed by atoms with Crippen molar-refractivity contribution in [3.8, 4) is 11.1 Å². The molecular formula is C28H22ClF2N3O3. The normalized spacial score (nSPS) is 15.7. The van der Waals surface area contributed by atoms with Gasteiger partial charge in [0.05, 0.1) is 17.3 Å². The fourth-order valence-electron chi connectivity index (χ4n) is 4.63. The van der Waals surface area contributed by atoms with Gasteiger partial charge in [-0.2, -0.15) is 13.9 Å². The van der Waals surface area contributed by atoms with Crippen molar-refractivity contribution < 1.29 is 18.7 Å². The molecule has 6 nitrogen and oxygen atoms in total. The Kier molecular flexibility index (Phi) is 6.62. The van der Waals surface area contributed by atoms with Crippen LogP contribution in [0.25, 0.3) is 22.0 Å². The number of hydrazone groups is 1. The number of aliphatic hydroxyl groups excluding tert-OH is 1. The van der Waals surface area contributed by atoms with E-state index in [0.717, 1.165) is 16.0 Å². The van der Waals surface area contributed by atoms with Gasteiger partial charge in [-0.3, -0.25) is 9.59 Å². The van der Waals surface area contributed by atoms with Crippen LogP contribution in [0.4, 0.5) is 8.78 Å². The lowest BCUT2D eigenvalue weighted by molar-refractivity contribution is -0.161. The van der Waals surface area contributed by atoms with Gasteiger partial charge in [-0.1, -0.05) is 72.3 Å². The molecule has 0 fully saturated rings. The van der Waals surface area contributed by atoms with E-state index in [1.807, 2.05) is 42.5 Å². The number of carbonyl (C=O) groups is 1. The van der Waals surface area contributed by atoms with Gasteiger partial charge < -0.3 is 10.1 Å². The molecule has 3 aromatic carbocycles. The zero-order valence-electron chi connectivity index (χ0n) is 19.5. The maximum Gasteiger partial charge on any atom is 0.328 e. The maximum atomic E-state index is 14.7. The fourth-order valence-corrected chi connectivity index (χ4v) is 4.76. The molecule has 0 radical (unpaired) electrons. The van der Waals surface area contributed by atoms with Gasteiger partial charge in [0.25, 0.3) is 5.56 Å². The first-order valence-corrected chi connectivity index (χ1v) is 12.0. The Labute approximate surface area is 215 Å². The highest BCUT2D eigenvalue weighted by atomic mass is 35.5. The van der Waals surface area contributed by atoms with E-state index in [-0.39, 0.29) is 17.7 Å². The summed E-state index contributed by atoms with van der Waals surface area (Å²) >= 11 is 6.02. The molecule has 1 aliphatic heterocycles. The van der Waals surface area contributed by atoms with E-state index in [0.29, 0.717) is 21.7 Å². The number of carbonyl (C=O) groups excluding carboxylic acids is 1. The lowest BCUT2D eigenvalue weighted by atomic mass is 9.91. The second-order valence-electron chi connectivity index (χ2n) is 8.76. The van der Waals surface area contributed by atoms with Crippen LogP contribution in [-0.4, -0.2) is 39.2 Å². The number of para-hydroxylation sites is 1. The van der Waals surface area contributed by atoms with E-state index in [1.54, 1.807) is 36.4 Å². The molecule has 0 saturated carbocycles. The second-order valence-corrected chi connectivity index (χ2v) is 9.20. The van der Waals surface area contributed by atoms with E-state index >= 15 is 0 Å². The van der Waals surface area contributed by atoms with Crippen LogP contribution in [0.2, 0.25) is 5.02 Å². The van der Waals surface area contributed by atoms with Crippen molar-refractivity contribution in [2.45, 2.75) is 24.8 Å². The Bertz CT molecular complexity index is 1550. The molecule has 2 heterocycles. The molecule has 0 spiro atoms. The highest BCUT2D eigenvalue weighted by Crippen LogP contribution is 2.39. The first kappa shape index (κ1) is 24.8. The number of aromatic nitrogens is 1. The van der Waals surface area contributed by atoms with Gasteiger partial charge in [0.15, 0.2) is 0 Å². The summed E-state index contributed by atoms with van der Waals surface area (Å²) in [6, 6.07) is 22.1. The van der Waals surface area contributed by atoms with Crippen LogP contribution < -0.4 is 5.56 Å². The fraction of sp³-hybridized carbons (Fsp3) is 0.179. The van der Waals surface area contributed by atoms with Crippen molar-refractivity contribution in [1.82, 2.24) is 9.99 Å². The van der Waals surface area contributed by atoms with Crippen LogP contribution in [0.5, 0.6) is 0 Å². The van der Waals surface area contributed by atoms with Crippen LogP contribution in [0, 0.1) is 0 Å². The number of fused-ring (bicyclic) bond motifs is 1. The smallest absolute Gasteiger partial charge is 0.328 e. The topological polar surface area (TPSA) is 85.8 Å². The third kappa shape index (κ3) is 4.65. The van der Waals surface area contributed by atoms with Gasteiger partial charge in [-0.15, -0.1) is 0 Å². The van der Waals surface area contributed by atoms with Crippen LogP contribution in [0.3, 0.4) is 0 Å². The molecule has 1 atom stereocenters. The van der Waals surface area contributed by atoms with E-state index in [1.165, 1.54) is 0 Å². The summed E-state index contributed by atoms with van der Waals surface area (Å²) in [5.74, 6) is -5.38. The molecule has 2 N–H and O–H groups in total. The van der Waals surface area contributed by atoms with Crippen LogP contribution in [0.1, 0.15) is 30.0 Å². The number of alkyl halides is 2. The molecule has 9 heteroatoms. The number of rotatable bonds is 6. The number of benzene rings is 3. The number of pyridine rings is 1. The van der Waals surface area contributed by atoms with Gasteiger partial charge in [0.1, 0.15) is 0 Å². The Morgan fingerprint density at radius 3 is 2.41 bits per heavy atom. The largest absolute Gasteiger partial charge is 0.396 e. The molecule has 0 bridgehead atoms. The molecule has 0 aliphatic carbocycles. The standard InChI is InChI=1S/C28H22ClF2N3O3/c29-19-12-10-17(11-13-19)23-16-22(33-34(23)27(37)28(30,31)14-15-35)25-24(18-6-2-1-3-7-18)20-8-4-5-9-21(20)32-26(25)36/h1-13,23,35H,14-16H2,(H,32,36). The Morgan fingerprint density at radius 1 is 1.03 bits per heavy atom. The first-order chi connectivity index (χ1) is 17.8. The average molecular weight is 522 g/mol. The number of nitrogens with zero attached hydrogens (tertiary/aromatic N) is 2. The van der Waals surface area contributed by atoms with Gasteiger partial charge in [0.2, 0.25) is 0 Å². The van der Waals surface area contributed by atoms with Crippen LogP contribution >= 0.6 is 11.6 Å². The minimum absolute atomic E-state index is 0.0316. The predicted molar refractivity (Wildman–Crippen MR) is 139 cm³/mol. The summed E-state index contributed by atoms with van der Waals surface area (Å²) < 4.78 is 29.3. The lowest BCUT2D eigenvalue weighted by Crippen LogP contribution is -2.41. The number of hydrogen-bond acceptors (Lipinski definition) is 4. The van der Waals surface area contributed by atoms with Crippen LogP contribution in [0.15, 0.2) is 88.8 Å². The van der Waals surface area contributed by atoms with Gasteiger partial charge >= 0.3 is 11.8 Å². The molecule has 4 aromatic rings. The first-order valence-electron chi connectivity index (χ1n) is 11.7. The summed E-state index contributed by atoms with van der Waals surface area (Å²) in [6.07, 6.45) is -1.00. The zero-order valence-corrected chi connectivity index (χ0v) is 20.3. The molecule has 37 heavy (non-hydrogen) atoms. The quantitative estimate of drug-likeness (QED) is 0.349. The Balaban J connectivity index is 1.71. The van der Waals surface area contributed by atoms with Crippen molar-refractivity contribution in [3.05, 3.63) is 105 Å². The molecule has 1 unspecified atom stereocenters. The maximum absolute atomic E-state index is 14.7. The number of amides is 1. The number of halogens is 3. The molecule has 1 aromatic heterocycles. The highest BCUT2D eigenvalue weighted by Gasteiger charge is 2.47. The van der Waals surface area contributed by atoms with Gasteiger partial charge in [0, 0.05) is 40.9 Å². The van der Waals surface area contributed by atoms with Gasteiger partial charge in [-0.25, -0.2) is 5.01 Å². The number of H-pyrrole nitrogens is 1. The molecule has 5 rings (SSSR count). The molecular weight excluding hydrogens is 500 g/mol.